The third kappa shape index (κ3) is 1.40. The van der Waals surface area contributed by atoms with Gasteiger partial charge in [0.25, 0.3) is 0 Å². The Hall–Kier alpha value is -1.42. The third-order valence-corrected chi connectivity index (χ3v) is 2.90. The van der Waals surface area contributed by atoms with Gasteiger partial charge in [0.2, 0.25) is 0 Å². The minimum absolute atomic E-state index is 0.0709. The summed E-state index contributed by atoms with van der Waals surface area (Å²) < 4.78 is 0. The van der Waals surface area contributed by atoms with Crippen LogP contribution >= 0.6 is 11.3 Å². The maximum absolute atomic E-state index is 11.1. The number of nitrogens with zero attached hydrogens (tertiary/aromatic N) is 1. The SMILES string of the molecule is CC(=O)c1cc2cc(N)cnc2s1. The number of hydrogen-bond acceptors (Lipinski definition) is 4. The van der Waals surface area contributed by atoms with E-state index in [0.717, 1.165) is 15.1 Å². The molecule has 2 rings (SSSR count). The molecule has 3 nitrogen and oxygen atoms in total. The van der Waals surface area contributed by atoms with Crippen LogP contribution in [-0.2, 0) is 0 Å². The van der Waals surface area contributed by atoms with Crippen molar-refractivity contribution < 1.29 is 4.79 Å². The number of thiophene rings is 1. The molecule has 0 amide bonds. The summed E-state index contributed by atoms with van der Waals surface area (Å²) in [6, 6.07) is 3.65. The quantitative estimate of drug-likeness (QED) is 0.704. The van der Waals surface area contributed by atoms with E-state index in [1.807, 2.05) is 12.1 Å². The molecule has 0 unspecified atom stereocenters. The van der Waals surface area contributed by atoms with Crippen molar-refractivity contribution in [2.24, 2.45) is 0 Å². The first-order valence-electron chi connectivity index (χ1n) is 3.83. The molecular weight excluding hydrogens is 184 g/mol. The lowest BCUT2D eigenvalue weighted by molar-refractivity contribution is 0.102. The molecule has 0 spiro atoms. The maximum Gasteiger partial charge on any atom is 0.169 e. The van der Waals surface area contributed by atoms with Crippen LogP contribution in [0, 0.1) is 0 Å². The third-order valence-electron chi connectivity index (χ3n) is 1.74. The molecule has 4 heteroatoms. The molecule has 0 aliphatic rings. The van der Waals surface area contributed by atoms with Crippen molar-refractivity contribution in [1.82, 2.24) is 4.98 Å². The standard InChI is InChI=1S/C9H8N2OS/c1-5(12)8-3-6-2-7(10)4-11-9(6)13-8/h2-4H,10H2,1H3. The van der Waals surface area contributed by atoms with E-state index in [1.54, 1.807) is 13.1 Å². The van der Waals surface area contributed by atoms with Crippen LogP contribution in [0.2, 0.25) is 0 Å². The van der Waals surface area contributed by atoms with Crippen LogP contribution in [0.5, 0.6) is 0 Å². The molecule has 2 heterocycles. The number of aromatic nitrogens is 1. The van der Waals surface area contributed by atoms with Gasteiger partial charge in [-0.3, -0.25) is 4.79 Å². The van der Waals surface area contributed by atoms with E-state index in [1.165, 1.54) is 11.3 Å². The molecule has 13 heavy (non-hydrogen) atoms. The fourth-order valence-corrected chi connectivity index (χ4v) is 2.00. The van der Waals surface area contributed by atoms with E-state index in [2.05, 4.69) is 4.98 Å². The Morgan fingerprint density at radius 3 is 3.00 bits per heavy atom. The minimum atomic E-state index is 0.0709. The lowest BCUT2D eigenvalue weighted by atomic mass is 10.3. The second-order valence-corrected chi connectivity index (χ2v) is 3.86. The first-order chi connectivity index (χ1) is 6.16. The summed E-state index contributed by atoms with van der Waals surface area (Å²) in [4.78, 5) is 16.8. The second kappa shape index (κ2) is 2.81. The Bertz CT molecular complexity index is 475. The number of anilines is 1. The first-order valence-corrected chi connectivity index (χ1v) is 4.64. The van der Waals surface area contributed by atoms with Crippen LogP contribution in [0.15, 0.2) is 18.3 Å². The van der Waals surface area contributed by atoms with E-state index in [0.29, 0.717) is 5.69 Å². The molecule has 2 aromatic heterocycles. The molecule has 66 valence electrons. The average molecular weight is 192 g/mol. The average Bonchev–Trinajstić information content (AvgIpc) is 2.46. The lowest BCUT2D eigenvalue weighted by Crippen LogP contribution is -1.84. The molecule has 0 saturated carbocycles. The number of rotatable bonds is 1. The van der Waals surface area contributed by atoms with Crippen molar-refractivity contribution in [1.29, 1.82) is 0 Å². The topological polar surface area (TPSA) is 56.0 Å². The van der Waals surface area contributed by atoms with Crippen LogP contribution in [0.1, 0.15) is 16.6 Å². The fourth-order valence-electron chi connectivity index (χ4n) is 1.12. The highest BCUT2D eigenvalue weighted by Gasteiger charge is 2.06. The normalized spacial score (nSPS) is 10.5. The summed E-state index contributed by atoms with van der Waals surface area (Å²) in [5.41, 5.74) is 6.19. The molecule has 0 aliphatic carbocycles. The molecule has 0 aromatic carbocycles. The number of carbonyl (C=O) groups excluding carboxylic acids is 1. The van der Waals surface area contributed by atoms with Crippen molar-refractivity contribution >= 4 is 33.0 Å². The predicted molar refractivity (Wildman–Crippen MR) is 54.0 cm³/mol. The van der Waals surface area contributed by atoms with E-state index in [-0.39, 0.29) is 5.78 Å². The van der Waals surface area contributed by atoms with Gasteiger partial charge in [0.05, 0.1) is 16.8 Å². The van der Waals surface area contributed by atoms with Gasteiger partial charge in [0.1, 0.15) is 4.83 Å². The summed E-state index contributed by atoms with van der Waals surface area (Å²) in [5, 5.41) is 0.940. The maximum atomic E-state index is 11.1. The number of nitrogen functional groups attached to an aromatic ring is 1. The van der Waals surface area contributed by atoms with Gasteiger partial charge in [0.15, 0.2) is 5.78 Å². The number of pyridine rings is 1. The molecule has 0 bridgehead atoms. The summed E-state index contributed by atoms with van der Waals surface area (Å²) >= 11 is 1.40. The molecule has 2 N–H and O–H groups in total. The van der Waals surface area contributed by atoms with Crippen molar-refractivity contribution in [2.75, 3.05) is 5.73 Å². The van der Waals surface area contributed by atoms with Crippen LogP contribution in [-0.4, -0.2) is 10.8 Å². The smallest absolute Gasteiger partial charge is 0.169 e. The Morgan fingerprint density at radius 2 is 2.31 bits per heavy atom. The highest BCUT2D eigenvalue weighted by Crippen LogP contribution is 2.25. The van der Waals surface area contributed by atoms with Crippen LogP contribution in [0.4, 0.5) is 5.69 Å². The zero-order chi connectivity index (χ0) is 9.42. The second-order valence-electron chi connectivity index (χ2n) is 2.83. The molecule has 0 saturated heterocycles. The number of hydrogen-bond donors (Lipinski definition) is 1. The van der Waals surface area contributed by atoms with Gasteiger partial charge in [-0.1, -0.05) is 0 Å². The molecule has 2 aromatic rings. The van der Waals surface area contributed by atoms with Gasteiger partial charge in [0, 0.05) is 5.39 Å². The number of ketones is 1. The van der Waals surface area contributed by atoms with Crippen LogP contribution in [0.3, 0.4) is 0 Å². The predicted octanol–water partition coefficient (Wildman–Crippen LogP) is 2.08. The van der Waals surface area contributed by atoms with Gasteiger partial charge < -0.3 is 5.73 Å². The van der Waals surface area contributed by atoms with Crippen molar-refractivity contribution in [3.8, 4) is 0 Å². The van der Waals surface area contributed by atoms with Gasteiger partial charge >= 0.3 is 0 Å². The van der Waals surface area contributed by atoms with E-state index in [4.69, 9.17) is 5.73 Å². The van der Waals surface area contributed by atoms with Crippen molar-refractivity contribution in [3.05, 3.63) is 23.2 Å². The zero-order valence-electron chi connectivity index (χ0n) is 7.07. The first kappa shape index (κ1) is 8.19. The summed E-state index contributed by atoms with van der Waals surface area (Å²) in [5.74, 6) is 0.0709. The molecule has 0 atom stereocenters. The fraction of sp³-hybridized carbons (Fsp3) is 0.111. The Balaban J connectivity index is 2.68. The van der Waals surface area contributed by atoms with Crippen LogP contribution in [0.25, 0.3) is 10.2 Å². The number of Topliss-reactive ketones (excluding diaryl/α,β-unsaturated/α-hetero) is 1. The summed E-state index contributed by atoms with van der Waals surface area (Å²) in [7, 11) is 0. The van der Waals surface area contributed by atoms with E-state index < -0.39 is 0 Å². The number of carbonyl (C=O) groups is 1. The number of fused-ring (bicyclic) bond motifs is 1. The van der Waals surface area contributed by atoms with Crippen molar-refractivity contribution in [3.63, 3.8) is 0 Å². The highest BCUT2D eigenvalue weighted by atomic mass is 32.1. The van der Waals surface area contributed by atoms with Crippen molar-refractivity contribution in [2.45, 2.75) is 6.92 Å². The lowest BCUT2D eigenvalue weighted by Gasteiger charge is -1.89. The van der Waals surface area contributed by atoms with E-state index in [9.17, 15) is 4.79 Å². The zero-order valence-corrected chi connectivity index (χ0v) is 7.89. The summed E-state index contributed by atoms with van der Waals surface area (Å²) in [6.45, 7) is 1.55. The Labute approximate surface area is 79.2 Å². The highest BCUT2D eigenvalue weighted by molar-refractivity contribution is 7.20. The Morgan fingerprint density at radius 1 is 1.54 bits per heavy atom. The van der Waals surface area contributed by atoms with Gasteiger partial charge in [-0.2, -0.15) is 0 Å². The minimum Gasteiger partial charge on any atom is -0.397 e. The monoisotopic (exact) mass is 192 g/mol. The van der Waals surface area contributed by atoms with Crippen LogP contribution < -0.4 is 5.73 Å². The Kier molecular flexibility index (Phi) is 1.77. The van der Waals surface area contributed by atoms with Gasteiger partial charge in [-0.15, -0.1) is 11.3 Å². The largest absolute Gasteiger partial charge is 0.397 e. The molecule has 0 radical (unpaired) electrons. The molecule has 0 fully saturated rings. The molecular formula is C9H8N2OS. The number of nitrogens with two attached hydrogens (primary N) is 1. The van der Waals surface area contributed by atoms with Gasteiger partial charge in [-0.05, 0) is 19.1 Å². The summed E-state index contributed by atoms with van der Waals surface area (Å²) in [6.07, 6.45) is 1.60. The van der Waals surface area contributed by atoms with E-state index >= 15 is 0 Å². The van der Waals surface area contributed by atoms with Gasteiger partial charge in [-0.25, -0.2) is 4.98 Å². The molecule has 0 aliphatic heterocycles.